The Morgan fingerprint density at radius 3 is 2.68 bits per heavy atom. The van der Waals surface area contributed by atoms with Gasteiger partial charge in [0.05, 0.1) is 18.1 Å². The highest BCUT2D eigenvalue weighted by Crippen LogP contribution is 2.14. The van der Waals surface area contributed by atoms with Gasteiger partial charge in [-0.15, -0.1) is 23.1 Å². The van der Waals surface area contributed by atoms with Crippen LogP contribution in [0, 0.1) is 5.92 Å². The Morgan fingerprint density at radius 2 is 1.96 bits per heavy atom. The lowest BCUT2D eigenvalue weighted by Gasteiger charge is -2.34. The predicted molar refractivity (Wildman–Crippen MR) is 110 cm³/mol. The molecule has 28 heavy (non-hydrogen) atoms. The molecule has 0 radical (unpaired) electrons. The maximum atomic E-state index is 12.4. The lowest BCUT2D eigenvalue weighted by Crippen LogP contribution is -2.51. The first kappa shape index (κ1) is 20.7. The quantitative estimate of drug-likeness (QED) is 0.705. The maximum Gasteiger partial charge on any atom is 0.409 e. The van der Waals surface area contributed by atoms with Crippen molar-refractivity contribution in [3.63, 3.8) is 0 Å². The van der Waals surface area contributed by atoms with E-state index in [-0.39, 0.29) is 17.6 Å². The number of carbonyl (C=O) groups excluding carboxylic acids is 2. The molecule has 0 unspecified atom stereocenters. The minimum Gasteiger partial charge on any atom is -0.449 e. The molecule has 1 aliphatic heterocycles. The molecule has 0 N–H and O–H groups in total. The molecule has 0 aliphatic carbocycles. The predicted octanol–water partition coefficient (Wildman–Crippen LogP) is 1.93. The average molecular weight is 425 g/mol. The largest absolute Gasteiger partial charge is 0.449 e. The fourth-order valence-corrected chi connectivity index (χ4v) is 4.32. The van der Waals surface area contributed by atoms with Crippen LogP contribution < -0.4 is 5.56 Å². The van der Waals surface area contributed by atoms with E-state index in [2.05, 4.69) is 4.98 Å². The van der Waals surface area contributed by atoms with E-state index in [0.29, 0.717) is 60.9 Å². The third kappa shape index (κ3) is 5.26. The Morgan fingerprint density at radius 1 is 1.25 bits per heavy atom. The van der Waals surface area contributed by atoms with Crippen molar-refractivity contribution in [2.45, 2.75) is 19.6 Å². The molecule has 2 aromatic heterocycles. The Labute approximate surface area is 171 Å². The maximum absolute atomic E-state index is 12.4. The van der Waals surface area contributed by atoms with Gasteiger partial charge in [0.1, 0.15) is 0 Å². The van der Waals surface area contributed by atoms with Crippen LogP contribution in [0.15, 0.2) is 22.4 Å². The number of nitrogens with zero attached hydrogens (tertiary/aromatic N) is 4. The normalized spacial score (nSPS) is 14.7. The van der Waals surface area contributed by atoms with Gasteiger partial charge in [-0.1, -0.05) is 13.8 Å². The molecule has 0 aromatic carbocycles. The fraction of sp³-hybridized carbons (Fsp3) is 0.556. The Kier molecular flexibility index (Phi) is 6.95. The number of fused-ring (bicyclic) bond motifs is 1. The van der Waals surface area contributed by atoms with Gasteiger partial charge < -0.3 is 14.5 Å². The molecule has 152 valence electrons. The molecule has 2 aromatic rings. The molecule has 1 fully saturated rings. The van der Waals surface area contributed by atoms with Crippen LogP contribution in [0.1, 0.15) is 19.5 Å². The van der Waals surface area contributed by atoms with E-state index in [4.69, 9.17) is 4.74 Å². The van der Waals surface area contributed by atoms with Gasteiger partial charge in [-0.05, 0) is 5.92 Å². The van der Waals surface area contributed by atoms with Gasteiger partial charge in [0.25, 0.3) is 5.56 Å². The first-order valence-corrected chi connectivity index (χ1v) is 11.2. The first-order chi connectivity index (χ1) is 13.4. The number of thioether (sulfide) groups is 1. The third-order valence-corrected chi connectivity index (χ3v) is 5.97. The SMILES string of the molecule is CC(C)COC(=O)N1CCN(C(=O)CSCc2cc(=O)n3ccsc3n2)CC1. The molecular weight excluding hydrogens is 400 g/mol. The molecule has 8 nitrogen and oxygen atoms in total. The summed E-state index contributed by atoms with van der Waals surface area (Å²) in [5, 5.41) is 1.82. The van der Waals surface area contributed by atoms with Crippen molar-refractivity contribution in [3.05, 3.63) is 33.7 Å². The molecule has 1 aliphatic rings. The molecule has 3 rings (SSSR count). The number of amides is 2. The standard InChI is InChI=1S/C18H24N4O4S2/c1-13(2)10-26-18(25)21-5-3-20(4-6-21)16(24)12-27-11-14-9-15(23)22-7-8-28-17(22)19-14/h7-9,13H,3-6,10-12H2,1-2H3. The van der Waals surface area contributed by atoms with Crippen LogP contribution in [-0.2, 0) is 15.3 Å². The summed E-state index contributed by atoms with van der Waals surface area (Å²) in [6.07, 6.45) is 1.39. The molecule has 0 spiro atoms. The van der Waals surface area contributed by atoms with Crippen LogP contribution in [-0.4, -0.2) is 69.7 Å². The van der Waals surface area contributed by atoms with Gasteiger partial charge in [-0.2, -0.15) is 0 Å². The van der Waals surface area contributed by atoms with Crippen LogP contribution in [0.2, 0.25) is 0 Å². The van der Waals surface area contributed by atoms with Crippen LogP contribution in [0.3, 0.4) is 0 Å². The van der Waals surface area contributed by atoms with E-state index < -0.39 is 0 Å². The van der Waals surface area contributed by atoms with Gasteiger partial charge in [-0.3, -0.25) is 14.0 Å². The smallest absolute Gasteiger partial charge is 0.409 e. The summed E-state index contributed by atoms with van der Waals surface area (Å²) in [4.78, 5) is 44.9. The molecule has 10 heteroatoms. The van der Waals surface area contributed by atoms with E-state index in [1.807, 2.05) is 19.2 Å². The lowest BCUT2D eigenvalue weighted by molar-refractivity contribution is -0.129. The number of carbonyl (C=O) groups is 2. The number of hydrogen-bond donors (Lipinski definition) is 0. The molecule has 0 saturated carbocycles. The van der Waals surface area contributed by atoms with Crippen molar-refractivity contribution in [2.75, 3.05) is 38.5 Å². The highest BCUT2D eigenvalue weighted by Gasteiger charge is 2.25. The zero-order valence-electron chi connectivity index (χ0n) is 16.0. The summed E-state index contributed by atoms with van der Waals surface area (Å²) in [5.41, 5.74) is 0.580. The second-order valence-electron chi connectivity index (χ2n) is 6.97. The average Bonchev–Trinajstić information content (AvgIpc) is 3.15. The van der Waals surface area contributed by atoms with E-state index in [1.165, 1.54) is 33.6 Å². The number of piperazine rings is 1. The Hall–Kier alpha value is -2.07. The number of ether oxygens (including phenoxy) is 1. The van der Waals surface area contributed by atoms with Crippen molar-refractivity contribution in [2.24, 2.45) is 5.92 Å². The number of aromatic nitrogens is 2. The van der Waals surface area contributed by atoms with Crippen molar-refractivity contribution in [1.82, 2.24) is 19.2 Å². The highest BCUT2D eigenvalue weighted by molar-refractivity contribution is 7.99. The van der Waals surface area contributed by atoms with Crippen LogP contribution in [0.5, 0.6) is 0 Å². The minimum atomic E-state index is -0.309. The van der Waals surface area contributed by atoms with Gasteiger partial charge >= 0.3 is 6.09 Å². The summed E-state index contributed by atoms with van der Waals surface area (Å²) < 4.78 is 6.74. The van der Waals surface area contributed by atoms with Crippen LogP contribution in [0.4, 0.5) is 4.79 Å². The zero-order chi connectivity index (χ0) is 20.1. The van der Waals surface area contributed by atoms with Gasteiger partial charge in [0.15, 0.2) is 4.96 Å². The monoisotopic (exact) mass is 424 g/mol. The molecule has 3 heterocycles. The minimum absolute atomic E-state index is 0.0362. The molecule has 2 amide bonds. The van der Waals surface area contributed by atoms with Crippen molar-refractivity contribution >= 4 is 40.1 Å². The van der Waals surface area contributed by atoms with Crippen molar-refractivity contribution < 1.29 is 14.3 Å². The van der Waals surface area contributed by atoms with Gasteiger partial charge in [-0.25, -0.2) is 9.78 Å². The van der Waals surface area contributed by atoms with Gasteiger partial charge in [0, 0.05) is 49.6 Å². The lowest BCUT2D eigenvalue weighted by atomic mass is 10.2. The Balaban J connectivity index is 1.42. The van der Waals surface area contributed by atoms with Gasteiger partial charge in [0.2, 0.25) is 5.91 Å². The molecule has 0 atom stereocenters. The summed E-state index contributed by atoms with van der Waals surface area (Å²) in [6.45, 7) is 6.39. The highest BCUT2D eigenvalue weighted by atomic mass is 32.2. The van der Waals surface area contributed by atoms with Crippen LogP contribution >= 0.6 is 23.1 Å². The number of rotatable bonds is 6. The second-order valence-corrected chi connectivity index (χ2v) is 8.83. The van der Waals surface area contributed by atoms with Crippen molar-refractivity contribution in [3.8, 4) is 0 Å². The van der Waals surface area contributed by atoms with E-state index in [0.717, 1.165) is 0 Å². The summed E-state index contributed by atoms with van der Waals surface area (Å²) in [5.74, 6) is 1.17. The van der Waals surface area contributed by atoms with E-state index >= 15 is 0 Å². The van der Waals surface area contributed by atoms with Crippen LogP contribution in [0.25, 0.3) is 4.96 Å². The fourth-order valence-electron chi connectivity index (χ4n) is 2.76. The van der Waals surface area contributed by atoms with E-state index in [9.17, 15) is 14.4 Å². The topological polar surface area (TPSA) is 84.2 Å². The molecular formula is C18H24N4O4S2. The summed E-state index contributed by atoms with van der Waals surface area (Å²) >= 11 is 2.85. The first-order valence-electron chi connectivity index (χ1n) is 9.17. The number of thiazole rings is 1. The van der Waals surface area contributed by atoms with E-state index in [1.54, 1.807) is 16.0 Å². The summed E-state index contributed by atoms with van der Waals surface area (Å²) in [6, 6.07) is 1.51. The molecule has 1 saturated heterocycles. The molecule has 0 bridgehead atoms. The summed E-state index contributed by atoms with van der Waals surface area (Å²) in [7, 11) is 0. The Bertz CT molecular complexity index is 887. The van der Waals surface area contributed by atoms with Crippen molar-refractivity contribution in [1.29, 1.82) is 0 Å². The number of hydrogen-bond acceptors (Lipinski definition) is 7. The zero-order valence-corrected chi connectivity index (χ0v) is 17.6. The third-order valence-electron chi connectivity index (χ3n) is 4.26. The second kappa shape index (κ2) is 9.42.